The van der Waals surface area contributed by atoms with Crippen molar-refractivity contribution in [3.05, 3.63) is 42.0 Å². The molecule has 0 aliphatic carbocycles. The number of aromatic amines is 1. The molecule has 3 rings (SSSR count). The fourth-order valence-electron chi connectivity index (χ4n) is 1.65. The predicted molar refractivity (Wildman–Crippen MR) is 71.8 cm³/mol. The van der Waals surface area contributed by atoms with Gasteiger partial charge in [0.05, 0.1) is 0 Å². The zero-order valence-corrected chi connectivity index (χ0v) is 11.0. The Balaban J connectivity index is 2.86. The summed E-state index contributed by atoms with van der Waals surface area (Å²) in [6, 6.07) is 1.87. The summed E-state index contributed by atoms with van der Waals surface area (Å²) in [6.45, 7) is 0. The van der Waals surface area contributed by atoms with Gasteiger partial charge in [-0.15, -0.1) is 22.7 Å². The van der Waals surface area contributed by atoms with Gasteiger partial charge in [-0.1, -0.05) is 0 Å². The molecule has 6 heteroatoms. The molecule has 0 amide bonds. The number of fused-ring (bicyclic) bond motifs is 3. The number of H-pyrrole nitrogens is 1. The lowest BCUT2D eigenvalue weighted by Crippen LogP contribution is -2.12. The molecule has 0 unspecified atom stereocenters. The molecule has 1 N–H and O–H groups in total. The van der Waals surface area contributed by atoms with E-state index >= 15 is 0 Å². The van der Waals surface area contributed by atoms with E-state index in [0.717, 1.165) is 15.2 Å². The van der Waals surface area contributed by atoms with Crippen molar-refractivity contribution in [1.82, 2.24) is 4.98 Å². The van der Waals surface area contributed by atoms with Gasteiger partial charge in [0, 0.05) is 20.6 Å². The number of aromatic nitrogens is 1. The first-order chi connectivity index (χ1) is 7.68. The van der Waals surface area contributed by atoms with Crippen molar-refractivity contribution >= 4 is 58.8 Å². The second kappa shape index (κ2) is 3.51. The minimum absolute atomic E-state index is 0.315. The lowest BCUT2D eigenvalue weighted by atomic mass is 10.2. The Morgan fingerprint density at radius 3 is 2.69 bits per heavy atom. The number of thiophene rings is 2. The normalized spacial score (nSPS) is 11.3. The van der Waals surface area contributed by atoms with Crippen LogP contribution in [0.15, 0.2) is 30.9 Å². The Kier molecular flexibility index (Phi) is 2.24. The first-order valence-corrected chi connectivity index (χ1v) is 6.94. The standard InChI is InChI=1S/C10H4BrNO2S2/c11-5-3-16-8-6(5)4-1-2-15-7(4)9(13)12-10(8)14/h1-3H,(H,12,13,14). The maximum Gasteiger partial charge on any atom is 0.268 e. The van der Waals surface area contributed by atoms with E-state index in [1.807, 2.05) is 16.8 Å². The number of hydrogen-bond acceptors (Lipinski definition) is 4. The summed E-state index contributed by atoms with van der Waals surface area (Å²) in [4.78, 5) is 25.9. The van der Waals surface area contributed by atoms with Gasteiger partial charge in [-0.25, -0.2) is 0 Å². The van der Waals surface area contributed by atoms with Crippen molar-refractivity contribution in [2.24, 2.45) is 0 Å². The van der Waals surface area contributed by atoms with E-state index < -0.39 is 0 Å². The SMILES string of the molecule is O=c1[nH]c(=O)c2scc(Br)c2c2ccsc12. The van der Waals surface area contributed by atoms with E-state index in [0.29, 0.717) is 9.40 Å². The van der Waals surface area contributed by atoms with Gasteiger partial charge in [0.15, 0.2) is 0 Å². The molecular weight excluding hydrogens is 310 g/mol. The first kappa shape index (κ1) is 10.2. The van der Waals surface area contributed by atoms with Crippen molar-refractivity contribution in [3.8, 4) is 0 Å². The molecule has 0 bridgehead atoms. The lowest BCUT2D eigenvalue weighted by Gasteiger charge is -1.84. The molecule has 0 radical (unpaired) electrons. The van der Waals surface area contributed by atoms with Crippen LogP contribution < -0.4 is 11.1 Å². The Labute approximate surface area is 105 Å². The third-order valence-corrected chi connectivity index (χ3v) is 5.14. The largest absolute Gasteiger partial charge is 0.287 e. The molecule has 0 fully saturated rings. The van der Waals surface area contributed by atoms with Crippen LogP contribution in [-0.4, -0.2) is 4.98 Å². The molecule has 3 heterocycles. The van der Waals surface area contributed by atoms with Crippen LogP contribution >= 0.6 is 38.6 Å². The molecule has 0 saturated heterocycles. The van der Waals surface area contributed by atoms with Crippen molar-refractivity contribution in [3.63, 3.8) is 0 Å². The summed E-state index contributed by atoms with van der Waals surface area (Å²) in [6.07, 6.45) is 0. The number of nitrogens with one attached hydrogen (secondary N) is 1. The quantitative estimate of drug-likeness (QED) is 0.693. The summed E-state index contributed by atoms with van der Waals surface area (Å²) in [5, 5.41) is 5.37. The molecule has 0 atom stereocenters. The highest BCUT2D eigenvalue weighted by molar-refractivity contribution is 9.10. The van der Waals surface area contributed by atoms with Gasteiger partial charge in [-0.2, -0.15) is 0 Å². The monoisotopic (exact) mass is 313 g/mol. The van der Waals surface area contributed by atoms with E-state index in [2.05, 4.69) is 20.9 Å². The second-order valence-electron chi connectivity index (χ2n) is 3.23. The number of halogens is 1. The maximum absolute atomic E-state index is 11.8. The molecule has 3 aromatic rings. The summed E-state index contributed by atoms with van der Waals surface area (Å²) in [5.74, 6) is 0. The van der Waals surface area contributed by atoms with Crippen molar-refractivity contribution < 1.29 is 0 Å². The second-order valence-corrected chi connectivity index (χ2v) is 5.88. The summed E-state index contributed by atoms with van der Waals surface area (Å²) < 4.78 is 2.03. The van der Waals surface area contributed by atoms with E-state index in [9.17, 15) is 9.59 Å². The third kappa shape index (κ3) is 1.30. The van der Waals surface area contributed by atoms with Crippen LogP contribution in [0, 0.1) is 0 Å². The molecule has 0 spiro atoms. The molecule has 0 saturated carbocycles. The summed E-state index contributed by atoms with van der Waals surface area (Å²) >= 11 is 6.09. The highest BCUT2D eigenvalue weighted by Gasteiger charge is 2.11. The molecule has 3 aromatic heterocycles. The first-order valence-electron chi connectivity index (χ1n) is 4.39. The van der Waals surface area contributed by atoms with Gasteiger partial charge >= 0.3 is 0 Å². The predicted octanol–water partition coefficient (Wildman–Crippen LogP) is 2.93. The zero-order valence-electron chi connectivity index (χ0n) is 7.74. The highest BCUT2D eigenvalue weighted by Crippen LogP contribution is 2.33. The zero-order chi connectivity index (χ0) is 11.3. The van der Waals surface area contributed by atoms with Crippen LogP contribution in [0.4, 0.5) is 0 Å². The molecule has 3 nitrogen and oxygen atoms in total. The van der Waals surface area contributed by atoms with Crippen LogP contribution in [0.3, 0.4) is 0 Å². The van der Waals surface area contributed by atoms with Gasteiger partial charge in [0.2, 0.25) is 0 Å². The minimum Gasteiger partial charge on any atom is -0.287 e. The average molecular weight is 314 g/mol. The third-order valence-electron chi connectivity index (χ3n) is 2.32. The van der Waals surface area contributed by atoms with E-state index in [1.54, 1.807) is 0 Å². The fraction of sp³-hybridized carbons (Fsp3) is 0. The molecular formula is C10H4BrNO2S2. The van der Waals surface area contributed by atoms with Gasteiger partial charge in [0.25, 0.3) is 11.1 Å². The summed E-state index contributed by atoms with van der Waals surface area (Å²) in [5.41, 5.74) is -0.635. The molecule has 16 heavy (non-hydrogen) atoms. The van der Waals surface area contributed by atoms with Gasteiger partial charge < -0.3 is 0 Å². The van der Waals surface area contributed by atoms with E-state index in [1.165, 1.54) is 22.7 Å². The van der Waals surface area contributed by atoms with Crippen molar-refractivity contribution in [1.29, 1.82) is 0 Å². The molecule has 0 aliphatic heterocycles. The van der Waals surface area contributed by atoms with Crippen LogP contribution in [-0.2, 0) is 0 Å². The molecule has 80 valence electrons. The van der Waals surface area contributed by atoms with Crippen LogP contribution in [0.2, 0.25) is 0 Å². The number of hydrogen-bond donors (Lipinski definition) is 1. The average Bonchev–Trinajstić information content (AvgIpc) is 2.80. The van der Waals surface area contributed by atoms with Crippen LogP contribution in [0.1, 0.15) is 0 Å². The van der Waals surface area contributed by atoms with Crippen molar-refractivity contribution in [2.45, 2.75) is 0 Å². The molecule has 0 aromatic carbocycles. The molecule has 0 aliphatic rings. The van der Waals surface area contributed by atoms with E-state index in [4.69, 9.17) is 0 Å². The van der Waals surface area contributed by atoms with Crippen molar-refractivity contribution in [2.75, 3.05) is 0 Å². The summed E-state index contributed by atoms with van der Waals surface area (Å²) in [7, 11) is 0. The Morgan fingerprint density at radius 2 is 1.88 bits per heavy atom. The minimum atomic E-state index is -0.320. The maximum atomic E-state index is 11.8. The van der Waals surface area contributed by atoms with E-state index in [-0.39, 0.29) is 11.1 Å². The Morgan fingerprint density at radius 1 is 1.12 bits per heavy atom. The fourth-order valence-corrected chi connectivity index (χ4v) is 4.11. The van der Waals surface area contributed by atoms with Gasteiger partial charge in [0.1, 0.15) is 9.40 Å². The van der Waals surface area contributed by atoms with Gasteiger partial charge in [-0.3, -0.25) is 14.6 Å². The smallest absolute Gasteiger partial charge is 0.268 e. The Hall–Kier alpha value is -0.980. The lowest BCUT2D eigenvalue weighted by molar-refractivity contribution is 1.24. The topological polar surface area (TPSA) is 49.9 Å². The number of rotatable bonds is 0. The van der Waals surface area contributed by atoms with Gasteiger partial charge in [-0.05, 0) is 27.4 Å². The Bertz CT molecular complexity index is 815. The van der Waals surface area contributed by atoms with Crippen LogP contribution in [0.25, 0.3) is 20.2 Å². The van der Waals surface area contributed by atoms with Crippen LogP contribution in [0.5, 0.6) is 0 Å². The highest BCUT2D eigenvalue weighted by atomic mass is 79.9.